The molecule has 112 valence electrons. The number of benzene rings is 1. The molecule has 2 unspecified atom stereocenters. The van der Waals surface area contributed by atoms with E-state index in [-0.39, 0.29) is 6.04 Å². The quantitative estimate of drug-likeness (QED) is 0.811. The van der Waals surface area contributed by atoms with Crippen LogP contribution in [0.15, 0.2) is 29.2 Å². The van der Waals surface area contributed by atoms with Crippen molar-refractivity contribution in [3.8, 4) is 0 Å². The van der Waals surface area contributed by atoms with Crippen molar-refractivity contribution in [2.45, 2.75) is 37.6 Å². The van der Waals surface area contributed by atoms with Crippen LogP contribution in [0.3, 0.4) is 0 Å². The minimum Gasteiger partial charge on any atom is -0.313 e. The molecule has 0 spiro atoms. The molecule has 20 heavy (non-hydrogen) atoms. The van der Waals surface area contributed by atoms with Gasteiger partial charge in [0.25, 0.3) is 0 Å². The number of sulfonamides is 1. The third kappa shape index (κ3) is 3.81. The van der Waals surface area contributed by atoms with Gasteiger partial charge in [0.05, 0.1) is 4.90 Å². The van der Waals surface area contributed by atoms with Gasteiger partial charge in [0.2, 0.25) is 10.0 Å². The van der Waals surface area contributed by atoms with Crippen LogP contribution in [0, 0.1) is 11.8 Å². The summed E-state index contributed by atoms with van der Waals surface area (Å²) >= 11 is 0. The fraction of sp³-hybridized carbons (Fsp3) is 0.600. The van der Waals surface area contributed by atoms with Crippen molar-refractivity contribution in [3.63, 3.8) is 0 Å². The predicted octanol–water partition coefficient (Wildman–Crippen LogP) is 2.29. The van der Waals surface area contributed by atoms with Crippen LogP contribution >= 0.6 is 0 Å². The monoisotopic (exact) mass is 296 g/mol. The van der Waals surface area contributed by atoms with Crippen molar-refractivity contribution in [1.82, 2.24) is 10.0 Å². The van der Waals surface area contributed by atoms with Gasteiger partial charge >= 0.3 is 0 Å². The van der Waals surface area contributed by atoms with Crippen molar-refractivity contribution in [1.29, 1.82) is 0 Å². The summed E-state index contributed by atoms with van der Waals surface area (Å²) in [6.07, 6.45) is 2.47. The second-order valence-electron chi connectivity index (χ2n) is 5.75. The lowest BCUT2D eigenvalue weighted by Crippen LogP contribution is -2.29. The summed E-state index contributed by atoms with van der Waals surface area (Å²) in [7, 11) is -1.54. The van der Waals surface area contributed by atoms with Crippen molar-refractivity contribution >= 4 is 10.0 Å². The number of rotatable bonds is 7. The van der Waals surface area contributed by atoms with Crippen LogP contribution < -0.4 is 10.0 Å². The maximum atomic E-state index is 12.3. The second-order valence-corrected chi connectivity index (χ2v) is 7.52. The standard InChI is InChI=1S/C15H24N2O2S/c1-11(13-7-8-13)10-17-20(18,19)15-6-4-5-14(9-15)12(2)16-3/h4-6,9,11-13,16-17H,7-8,10H2,1-3H3. The molecule has 5 heteroatoms. The van der Waals surface area contributed by atoms with E-state index in [2.05, 4.69) is 17.0 Å². The molecule has 0 aromatic heterocycles. The Kier molecular flexibility index (Phi) is 4.83. The molecule has 2 rings (SSSR count). The lowest BCUT2D eigenvalue weighted by atomic mass is 10.1. The zero-order valence-electron chi connectivity index (χ0n) is 12.4. The predicted molar refractivity (Wildman–Crippen MR) is 81.0 cm³/mol. The topological polar surface area (TPSA) is 58.2 Å². The normalized spacial score (nSPS) is 18.8. The molecule has 0 saturated heterocycles. The van der Waals surface area contributed by atoms with Gasteiger partial charge in [0.1, 0.15) is 0 Å². The molecule has 1 aliphatic carbocycles. The minimum absolute atomic E-state index is 0.135. The smallest absolute Gasteiger partial charge is 0.240 e. The number of hydrogen-bond acceptors (Lipinski definition) is 3. The van der Waals surface area contributed by atoms with Gasteiger partial charge < -0.3 is 5.32 Å². The molecule has 0 bridgehead atoms. The average Bonchev–Trinajstić information content (AvgIpc) is 3.28. The maximum Gasteiger partial charge on any atom is 0.240 e. The molecule has 1 fully saturated rings. The van der Waals surface area contributed by atoms with Crippen LogP contribution in [-0.4, -0.2) is 22.0 Å². The van der Waals surface area contributed by atoms with Gasteiger partial charge in [-0.2, -0.15) is 0 Å². The average molecular weight is 296 g/mol. The molecule has 2 atom stereocenters. The highest BCUT2D eigenvalue weighted by Crippen LogP contribution is 2.36. The second kappa shape index (κ2) is 6.24. The van der Waals surface area contributed by atoms with Crippen LogP contribution in [0.4, 0.5) is 0 Å². The van der Waals surface area contributed by atoms with E-state index < -0.39 is 10.0 Å². The first-order valence-electron chi connectivity index (χ1n) is 7.21. The Morgan fingerprint density at radius 3 is 2.60 bits per heavy atom. The van der Waals surface area contributed by atoms with Crippen LogP contribution in [0.1, 0.15) is 38.3 Å². The van der Waals surface area contributed by atoms with Crippen molar-refractivity contribution in [3.05, 3.63) is 29.8 Å². The molecule has 1 aromatic carbocycles. The molecule has 0 amide bonds. The van der Waals surface area contributed by atoms with Gasteiger partial charge in [-0.05, 0) is 56.3 Å². The fourth-order valence-electron chi connectivity index (χ4n) is 2.27. The SMILES string of the molecule is CNC(C)c1cccc(S(=O)(=O)NCC(C)C2CC2)c1. The Labute approximate surface area is 122 Å². The van der Waals surface area contributed by atoms with Crippen LogP contribution in [-0.2, 0) is 10.0 Å². The summed E-state index contributed by atoms with van der Waals surface area (Å²) in [6.45, 7) is 4.65. The molecule has 1 aromatic rings. The molecular weight excluding hydrogens is 272 g/mol. The van der Waals surface area contributed by atoms with Crippen LogP contribution in [0.25, 0.3) is 0 Å². The third-order valence-electron chi connectivity index (χ3n) is 4.12. The maximum absolute atomic E-state index is 12.3. The summed E-state index contributed by atoms with van der Waals surface area (Å²) in [6, 6.07) is 7.26. The van der Waals surface area contributed by atoms with E-state index in [0.717, 1.165) is 5.56 Å². The Bertz CT molecular complexity index is 553. The third-order valence-corrected chi connectivity index (χ3v) is 5.54. The molecule has 4 nitrogen and oxygen atoms in total. The summed E-state index contributed by atoms with van der Waals surface area (Å²) in [5.41, 5.74) is 0.977. The van der Waals surface area contributed by atoms with E-state index in [1.165, 1.54) is 12.8 Å². The Balaban J connectivity index is 2.08. The Hall–Kier alpha value is -0.910. The first kappa shape index (κ1) is 15.5. The Morgan fingerprint density at radius 1 is 1.30 bits per heavy atom. The first-order valence-corrected chi connectivity index (χ1v) is 8.69. The van der Waals surface area contributed by atoms with Gasteiger partial charge in [0, 0.05) is 12.6 Å². The summed E-state index contributed by atoms with van der Waals surface area (Å²) < 4.78 is 27.4. The highest BCUT2D eigenvalue weighted by atomic mass is 32.2. The number of hydrogen-bond donors (Lipinski definition) is 2. The molecule has 1 aliphatic rings. The fourth-order valence-corrected chi connectivity index (χ4v) is 3.47. The van der Waals surface area contributed by atoms with Crippen molar-refractivity contribution in [2.75, 3.05) is 13.6 Å². The highest BCUT2D eigenvalue weighted by Gasteiger charge is 2.28. The zero-order chi connectivity index (χ0) is 14.8. The van der Waals surface area contributed by atoms with Gasteiger partial charge in [0.15, 0.2) is 0 Å². The van der Waals surface area contributed by atoms with Gasteiger partial charge in [-0.3, -0.25) is 0 Å². The van der Waals surface area contributed by atoms with Crippen LogP contribution in [0.2, 0.25) is 0 Å². The van der Waals surface area contributed by atoms with Crippen molar-refractivity contribution in [2.24, 2.45) is 11.8 Å². The molecule has 2 N–H and O–H groups in total. The minimum atomic E-state index is -3.40. The summed E-state index contributed by atoms with van der Waals surface area (Å²) in [4.78, 5) is 0.347. The largest absolute Gasteiger partial charge is 0.313 e. The van der Waals surface area contributed by atoms with Gasteiger partial charge in [-0.15, -0.1) is 0 Å². The lowest BCUT2D eigenvalue weighted by molar-refractivity contribution is 0.491. The van der Waals surface area contributed by atoms with E-state index >= 15 is 0 Å². The molecular formula is C15H24N2O2S. The number of nitrogens with one attached hydrogen (secondary N) is 2. The zero-order valence-corrected chi connectivity index (χ0v) is 13.2. The molecule has 0 heterocycles. The highest BCUT2D eigenvalue weighted by molar-refractivity contribution is 7.89. The summed E-state index contributed by atoms with van der Waals surface area (Å²) in [5.74, 6) is 1.12. The lowest BCUT2D eigenvalue weighted by Gasteiger charge is -2.14. The van der Waals surface area contributed by atoms with E-state index in [4.69, 9.17) is 0 Å². The van der Waals surface area contributed by atoms with E-state index in [1.54, 1.807) is 18.2 Å². The van der Waals surface area contributed by atoms with Crippen molar-refractivity contribution < 1.29 is 8.42 Å². The first-order chi connectivity index (χ1) is 9.44. The van der Waals surface area contributed by atoms with Gasteiger partial charge in [-0.25, -0.2) is 13.1 Å². The van der Waals surface area contributed by atoms with Crippen LogP contribution in [0.5, 0.6) is 0 Å². The van der Waals surface area contributed by atoms with Gasteiger partial charge in [-0.1, -0.05) is 19.1 Å². The van der Waals surface area contributed by atoms with E-state index in [1.807, 2.05) is 20.0 Å². The molecule has 0 radical (unpaired) electrons. The molecule has 1 saturated carbocycles. The molecule has 0 aliphatic heterocycles. The van der Waals surface area contributed by atoms with E-state index in [0.29, 0.717) is 23.3 Å². The summed E-state index contributed by atoms with van der Waals surface area (Å²) in [5, 5.41) is 3.12. The Morgan fingerprint density at radius 2 is 2.00 bits per heavy atom. The van der Waals surface area contributed by atoms with E-state index in [9.17, 15) is 8.42 Å².